The first-order chi connectivity index (χ1) is 9.79. The van der Waals surface area contributed by atoms with Gasteiger partial charge in [-0.15, -0.1) is 0 Å². The van der Waals surface area contributed by atoms with Gasteiger partial charge in [-0.25, -0.2) is 0 Å². The zero-order valence-corrected chi connectivity index (χ0v) is 14.9. The number of benzene rings is 1. The summed E-state index contributed by atoms with van der Waals surface area (Å²) in [5.41, 5.74) is 1.84. The Hall–Kier alpha value is -0.300. The maximum absolute atomic E-state index is 3.77. The van der Waals surface area contributed by atoms with Crippen LogP contribution in [0.4, 0.5) is 0 Å². The molecule has 0 bridgehead atoms. The van der Waals surface area contributed by atoms with E-state index in [0.29, 0.717) is 5.41 Å². The third kappa shape index (κ3) is 5.60. The molecule has 0 amide bonds. The molecule has 20 heavy (non-hydrogen) atoms. The smallest absolute Gasteiger partial charge is 0.0128 e. The zero-order chi connectivity index (χ0) is 14.7. The van der Waals surface area contributed by atoms with Gasteiger partial charge in [0.05, 0.1) is 0 Å². The van der Waals surface area contributed by atoms with Crippen LogP contribution in [0, 0.1) is 0 Å². The van der Waals surface area contributed by atoms with Crippen molar-refractivity contribution in [2.45, 2.75) is 77.0 Å². The number of hydrogen-bond donors (Lipinski definition) is 0. The molecule has 1 aromatic carbocycles. The van der Waals surface area contributed by atoms with E-state index in [1.165, 1.54) is 63.4 Å². The second-order valence-electron chi connectivity index (χ2n) is 6.00. The summed E-state index contributed by atoms with van der Waals surface area (Å²) in [6.45, 7) is 4.61. The van der Waals surface area contributed by atoms with Gasteiger partial charge in [0.2, 0.25) is 0 Å². The molecule has 0 spiro atoms. The van der Waals surface area contributed by atoms with Crippen LogP contribution in [0.15, 0.2) is 30.3 Å². The summed E-state index contributed by atoms with van der Waals surface area (Å²) in [4.78, 5) is 0. The average Bonchev–Trinajstić information content (AvgIpc) is 2.52. The SMILES string of the molecule is CCCCCCCCCC(CC)(CBr)c1ccccc1. The maximum Gasteiger partial charge on any atom is 0.0128 e. The summed E-state index contributed by atoms with van der Waals surface area (Å²) in [6, 6.07) is 11.1. The minimum atomic E-state index is 0.338. The maximum atomic E-state index is 3.77. The molecular formula is C19H31Br. The van der Waals surface area contributed by atoms with Gasteiger partial charge in [0.1, 0.15) is 0 Å². The standard InChI is InChI=1S/C19H31Br/c1-3-5-6-7-8-9-13-16-19(4-2,17-20)18-14-11-10-12-15-18/h10-12,14-15H,3-9,13,16-17H2,1-2H3. The Bertz CT molecular complexity index is 327. The van der Waals surface area contributed by atoms with Gasteiger partial charge < -0.3 is 0 Å². The molecule has 0 fully saturated rings. The third-order valence-electron chi connectivity index (χ3n) is 4.58. The van der Waals surface area contributed by atoms with Gasteiger partial charge in [0.25, 0.3) is 0 Å². The zero-order valence-electron chi connectivity index (χ0n) is 13.3. The van der Waals surface area contributed by atoms with Crippen LogP contribution in [0.25, 0.3) is 0 Å². The predicted molar refractivity (Wildman–Crippen MR) is 94.8 cm³/mol. The van der Waals surface area contributed by atoms with Crippen LogP contribution in [0.3, 0.4) is 0 Å². The number of rotatable bonds is 11. The molecule has 0 radical (unpaired) electrons. The van der Waals surface area contributed by atoms with Crippen molar-refractivity contribution in [1.82, 2.24) is 0 Å². The lowest BCUT2D eigenvalue weighted by Crippen LogP contribution is -2.27. The lowest BCUT2D eigenvalue weighted by Gasteiger charge is -2.31. The van der Waals surface area contributed by atoms with Crippen LogP contribution in [-0.4, -0.2) is 5.33 Å². The van der Waals surface area contributed by atoms with Crippen LogP contribution in [-0.2, 0) is 5.41 Å². The second-order valence-corrected chi connectivity index (χ2v) is 6.57. The van der Waals surface area contributed by atoms with Gasteiger partial charge in [-0.1, -0.05) is 105 Å². The first-order valence-corrected chi connectivity index (χ1v) is 9.52. The van der Waals surface area contributed by atoms with Crippen molar-refractivity contribution in [1.29, 1.82) is 0 Å². The van der Waals surface area contributed by atoms with E-state index in [2.05, 4.69) is 60.1 Å². The van der Waals surface area contributed by atoms with Crippen LogP contribution in [0.2, 0.25) is 0 Å². The summed E-state index contributed by atoms with van der Waals surface area (Å²) in [7, 11) is 0. The summed E-state index contributed by atoms with van der Waals surface area (Å²) in [5.74, 6) is 0. The van der Waals surface area contributed by atoms with Crippen molar-refractivity contribution in [3.05, 3.63) is 35.9 Å². The molecule has 0 saturated carbocycles. The molecule has 1 heteroatoms. The van der Waals surface area contributed by atoms with Crippen LogP contribution in [0.5, 0.6) is 0 Å². The van der Waals surface area contributed by atoms with Gasteiger partial charge in [-0.3, -0.25) is 0 Å². The van der Waals surface area contributed by atoms with Gasteiger partial charge in [0.15, 0.2) is 0 Å². The highest BCUT2D eigenvalue weighted by Crippen LogP contribution is 2.35. The quantitative estimate of drug-likeness (QED) is 0.305. The van der Waals surface area contributed by atoms with Crippen LogP contribution in [0.1, 0.15) is 77.2 Å². The van der Waals surface area contributed by atoms with E-state index in [9.17, 15) is 0 Å². The monoisotopic (exact) mass is 338 g/mol. The van der Waals surface area contributed by atoms with E-state index in [1.807, 2.05) is 0 Å². The molecule has 0 aliphatic rings. The Morgan fingerprint density at radius 2 is 1.45 bits per heavy atom. The van der Waals surface area contributed by atoms with Crippen molar-refractivity contribution in [2.75, 3.05) is 5.33 Å². The Morgan fingerprint density at radius 3 is 2.00 bits per heavy atom. The Labute approximate surface area is 134 Å². The normalized spacial score (nSPS) is 14.2. The molecule has 0 saturated heterocycles. The van der Waals surface area contributed by atoms with Crippen molar-refractivity contribution >= 4 is 15.9 Å². The first kappa shape index (κ1) is 17.8. The Kier molecular flexibility index (Phi) is 9.26. The number of alkyl halides is 1. The lowest BCUT2D eigenvalue weighted by molar-refractivity contribution is 0.403. The van der Waals surface area contributed by atoms with Crippen molar-refractivity contribution < 1.29 is 0 Å². The van der Waals surface area contributed by atoms with E-state index in [4.69, 9.17) is 0 Å². The number of hydrogen-bond acceptors (Lipinski definition) is 0. The summed E-state index contributed by atoms with van der Waals surface area (Å²) < 4.78 is 0. The van der Waals surface area contributed by atoms with Crippen molar-refractivity contribution in [3.63, 3.8) is 0 Å². The Balaban J connectivity index is 2.40. The number of halogens is 1. The molecular weight excluding hydrogens is 308 g/mol. The van der Waals surface area contributed by atoms with Crippen molar-refractivity contribution in [2.24, 2.45) is 0 Å². The lowest BCUT2D eigenvalue weighted by atomic mass is 9.76. The average molecular weight is 339 g/mol. The van der Waals surface area contributed by atoms with E-state index < -0.39 is 0 Å². The predicted octanol–water partition coefficient (Wildman–Crippen LogP) is 6.87. The molecule has 0 heterocycles. The second kappa shape index (κ2) is 10.4. The van der Waals surface area contributed by atoms with E-state index in [-0.39, 0.29) is 0 Å². The fraction of sp³-hybridized carbons (Fsp3) is 0.684. The van der Waals surface area contributed by atoms with Crippen LogP contribution < -0.4 is 0 Å². The fourth-order valence-corrected chi connectivity index (χ4v) is 3.98. The molecule has 1 unspecified atom stereocenters. The highest BCUT2D eigenvalue weighted by atomic mass is 79.9. The van der Waals surface area contributed by atoms with Gasteiger partial charge in [-0.2, -0.15) is 0 Å². The molecule has 1 atom stereocenters. The summed E-state index contributed by atoms with van der Waals surface area (Å²) in [5, 5.41) is 1.08. The molecule has 0 nitrogen and oxygen atoms in total. The summed E-state index contributed by atoms with van der Waals surface area (Å²) >= 11 is 3.77. The molecule has 0 aromatic heterocycles. The third-order valence-corrected chi connectivity index (χ3v) is 5.65. The topological polar surface area (TPSA) is 0 Å². The van der Waals surface area contributed by atoms with Crippen molar-refractivity contribution in [3.8, 4) is 0 Å². The minimum absolute atomic E-state index is 0.338. The van der Waals surface area contributed by atoms with E-state index >= 15 is 0 Å². The molecule has 0 N–H and O–H groups in total. The largest absolute Gasteiger partial charge is 0.0918 e. The molecule has 0 aliphatic carbocycles. The number of unbranched alkanes of at least 4 members (excludes halogenated alkanes) is 6. The highest BCUT2D eigenvalue weighted by molar-refractivity contribution is 9.09. The fourth-order valence-electron chi connectivity index (χ4n) is 2.98. The summed E-state index contributed by atoms with van der Waals surface area (Å²) in [6.07, 6.45) is 12.3. The molecule has 1 aromatic rings. The molecule has 0 aliphatic heterocycles. The van der Waals surface area contributed by atoms with E-state index in [1.54, 1.807) is 0 Å². The Morgan fingerprint density at radius 1 is 0.850 bits per heavy atom. The van der Waals surface area contributed by atoms with Crippen LogP contribution >= 0.6 is 15.9 Å². The van der Waals surface area contributed by atoms with Gasteiger partial charge in [-0.05, 0) is 18.4 Å². The van der Waals surface area contributed by atoms with E-state index in [0.717, 1.165) is 5.33 Å². The molecule has 1 rings (SSSR count). The van der Waals surface area contributed by atoms with Gasteiger partial charge in [0, 0.05) is 10.7 Å². The first-order valence-electron chi connectivity index (χ1n) is 8.40. The molecule has 114 valence electrons. The van der Waals surface area contributed by atoms with Gasteiger partial charge >= 0.3 is 0 Å². The highest BCUT2D eigenvalue weighted by Gasteiger charge is 2.28. The minimum Gasteiger partial charge on any atom is -0.0918 e.